The molecule has 0 fully saturated rings. The molecule has 5 heteroatoms. The third-order valence-electron chi connectivity index (χ3n) is 2.91. The highest BCUT2D eigenvalue weighted by molar-refractivity contribution is 7.99. The molecular weight excluding hydrogens is 258 g/mol. The van der Waals surface area contributed by atoms with Gasteiger partial charge < -0.3 is 16.0 Å². The van der Waals surface area contributed by atoms with Gasteiger partial charge in [-0.1, -0.05) is 26.0 Å². The maximum absolute atomic E-state index is 11.7. The van der Waals surface area contributed by atoms with Crippen LogP contribution in [-0.4, -0.2) is 41.9 Å². The van der Waals surface area contributed by atoms with Crippen LogP contribution < -0.4 is 11.1 Å². The van der Waals surface area contributed by atoms with Crippen molar-refractivity contribution >= 4 is 29.0 Å². The standard InChI is InChI=1S/C14H23N3OS/c1-3-17(4-2)9-10-19-11-14(18)16-13-8-6-5-7-12(13)15/h5-8H,3-4,9-11,15H2,1-2H3,(H,16,18). The zero-order valence-electron chi connectivity index (χ0n) is 11.7. The zero-order chi connectivity index (χ0) is 14.1. The van der Waals surface area contributed by atoms with Gasteiger partial charge >= 0.3 is 0 Å². The second kappa shape index (κ2) is 8.82. The summed E-state index contributed by atoms with van der Waals surface area (Å²) in [6.07, 6.45) is 0. The van der Waals surface area contributed by atoms with E-state index in [0.29, 0.717) is 17.1 Å². The first-order valence-electron chi connectivity index (χ1n) is 6.61. The lowest BCUT2D eigenvalue weighted by Crippen LogP contribution is -2.26. The summed E-state index contributed by atoms with van der Waals surface area (Å²) in [4.78, 5) is 14.1. The van der Waals surface area contributed by atoms with Crippen molar-refractivity contribution in [2.45, 2.75) is 13.8 Å². The van der Waals surface area contributed by atoms with Crippen LogP contribution in [0.15, 0.2) is 24.3 Å². The average molecular weight is 281 g/mol. The van der Waals surface area contributed by atoms with Crippen LogP contribution in [0.5, 0.6) is 0 Å². The maximum Gasteiger partial charge on any atom is 0.234 e. The number of nitrogens with two attached hydrogens (primary N) is 1. The third-order valence-corrected chi connectivity index (χ3v) is 3.85. The number of nitrogens with zero attached hydrogens (tertiary/aromatic N) is 1. The van der Waals surface area contributed by atoms with Crippen LogP contribution in [0.3, 0.4) is 0 Å². The normalized spacial score (nSPS) is 10.7. The van der Waals surface area contributed by atoms with Gasteiger partial charge in [-0.05, 0) is 25.2 Å². The molecule has 0 unspecified atom stereocenters. The smallest absolute Gasteiger partial charge is 0.234 e. The Bertz CT molecular complexity index is 394. The number of rotatable bonds is 8. The van der Waals surface area contributed by atoms with Crippen molar-refractivity contribution in [3.05, 3.63) is 24.3 Å². The molecule has 3 N–H and O–H groups in total. The van der Waals surface area contributed by atoms with Crippen LogP contribution in [0.25, 0.3) is 0 Å². The maximum atomic E-state index is 11.7. The number of benzene rings is 1. The van der Waals surface area contributed by atoms with Crippen molar-refractivity contribution in [1.29, 1.82) is 0 Å². The van der Waals surface area contributed by atoms with Gasteiger partial charge in [-0.15, -0.1) is 0 Å². The quantitative estimate of drug-likeness (QED) is 0.567. The van der Waals surface area contributed by atoms with Crippen molar-refractivity contribution in [3.63, 3.8) is 0 Å². The number of para-hydroxylation sites is 2. The highest BCUT2D eigenvalue weighted by Gasteiger charge is 2.05. The predicted octanol–water partition coefficient (Wildman–Crippen LogP) is 2.28. The van der Waals surface area contributed by atoms with E-state index in [-0.39, 0.29) is 5.91 Å². The second-order valence-corrected chi connectivity index (χ2v) is 5.32. The first-order valence-corrected chi connectivity index (χ1v) is 7.77. The van der Waals surface area contributed by atoms with Gasteiger partial charge in [0, 0.05) is 12.3 Å². The number of amides is 1. The summed E-state index contributed by atoms with van der Waals surface area (Å²) < 4.78 is 0. The highest BCUT2D eigenvalue weighted by Crippen LogP contribution is 2.16. The molecule has 0 aliphatic heterocycles. The van der Waals surface area contributed by atoms with Crippen molar-refractivity contribution in [2.24, 2.45) is 0 Å². The van der Waals surface area contributed by atoms with E-state index in [1.165, 1.54) is 0 Å². The number of carbonyl (C=O) groups excluding carboxylic acids is 1. The molecule has 0 bridgehead atoms. The minimum absolute atomic E-state index is 0.00227. The fourth-order valence-electron chi connectivity index (χ4n) is 1.70. The fourth-order valence-corrected chi connectivity index (χ4v) is 2.48. The number of nitrogen functional groups attached to an aromatic ring is 1. The predicted molar refractivity (Wildman–Crippen MR) is 84.6 cm³/mol. The van der Waals surface area contributed by atoms with Crippen LogP contribution in [0, 0.1) is 0 Å². The van der Waals surface area contributed by atoms with Gasteiger partial charge in [0.05, 0.1) is 17.1 Å². The molecule has 106 valence electrons. The van der Waals surface area contributed by atoms with Gasteiger partial charge in [0.2, 0.25) is 5.91 Å². The summed E-state index contributed by atoms with van der Waals surface area (Å²) in [7, 11) is 0. The Balaban J connectivity index is 2.24. The van der Waals surface area contributed by atoms with Gasteiger partial charge in [-0.2, -0.15) is 11.8 Å². The molecule has 0 aromatic heterocycles. The van der Waals surface area contributed by atoms with Gasteiger partial charge in [0.15, 0.2) is 0 Å². The van der Waals surface area contributed by atoms with Crippen LogP contribution >= 0.6 is 11.8 Å². The lowest BCUT2D eigenvalue weighted by Gasteiger charge is -2.17. The first-order chi connectivity index (χ1) is 9.17. The Morgan fingerprint density at radius 2 is 2.00 bits per heavy atom. The molecule has 0 saturated heterocycles. The molecule has 19 heavy (non-hydrogen) atoms. The molecule has 4 nitrogen and oxygen atoms in total. The summed E-state index contributed by atoms with van der Waals surface area (Å²) >= 11 is 1.65. The minimum atomic E-state index is 0.00227. The summed E-state index contributed by atoms with van der Waals surface area (Å²) in [5, 5.41) is 2.83. The summed E-state index contributed by atoms with van der Waals surface area (Å²) in [6, 6.07) is 7.31. The molecular formula is C14H23N3OS. The van der Waals surface area contributed by atoms with Crippen LogP contribution in [-0.2, 0) is 4.79 Å². The summed E-state index contributed by atoms with van der Waals surface area (Å²) in [6.45, 7) is 7.45. The Morgan fingerprint density at radius 1 is 1.32 bits per heavy atom. The van der Waals surface area contributed by atoms with E-state index in [9.17, 15) is 4.79 Å². The van der Waals surface area contributed by atoms with E-state index in [0.717, 1.165) is 25.4 Å². The fraction of sp³-hybridized carbons (Fsp3) is 0.500. The highest BCUT2D eigenvalue weighted by atomic mass is 32.2. The molecule has 1 amide bonds. The number of nitrogens with one attached hydrogen (secondary N) is 1. The van der Waals surface area contributed by atoms with Gasteiger partial charge in [-0.3, -0.25) is 4.79 Å². The average Bonchev–Trinajstić information content (AvgIpc) is 2.42. The molecule has 0 radical (unpaired) electrons. The lowest BCUT2D eigenvalue weighted by atomic mass is 10.3. The summed E-state index contributed by atoms with van der Waals surface area (Å²) in [5.41, 5.74) is 7.06. The Kier molecular flexibility index (Phi) is 7.36. The molecule has 0 atom stereocenters. The van der Waals surface area contributed by atoms with Crippen LogP contribution in [0.2, 0.25) is 0 Å². The van der Waals surface area contributed by atoms with Gasteiger partial charge in [0.25, 0.3) is 0 Å². The lowest BCUT2D eigenvalue weighted by molar-refractivity contribution is -0.113. The Hall–Kier alpha value is -1.20. The Morgan fingerprint density at radius 3 is 2.63 bits per heavy atom. The second-order valence-electron chi connectivity index (χ2n) is 4.21. The van der Waals surface area contributed by atoms with Crippen molar-refractivity contribution in [3.8, 4) is 0 Å². The molecule has 0 aliphatic carbocycles. The topological polar surface area (TPSA) is 58.4 Å². The van der Waals surface area contributed by atoms with E-state index in [2.05, 4.69) is 24.1 Å². The van der Waals surface area contributed by atoms with E-state index in [1.54, 1.807) is 17.8 Å². The number of hydrogen-bond acceptors (Lipinski definition) is 4. The van der Waals surface area contributed by atoms with Gasteiger partial charge in [-0.25, -0.2) is 0 Å². The molecule has 0 heterocycles. The molecule has 0 aliphatic rings. The van der Waals surface area contributed by atoms with Gasteiger partial charge in [0.1, 0.15) is 0 Å². The SMILES string of the molecule is CCN(CC)CCSCC(=O)Nc1ccccc1N. The number of carbonyl (C=O) groups is 1. The van der Waals surface area contributed by atoms with E-state index in [4.69, 9.17) is 5.73 Å². The largest absolute Gasteiger partial charge is 0.397 e. The number of anilines is 2. The van der Waals surface area contributed by atoms with Crippen LogP contribution in [0.4, 0.5) is 11.4 Å². The minimum Gasteiger partial charge on any atom is -0.397 e. The molecule has 1 aromatic carbocycles. The number of hydrogen-bond donors (Lipinski definition) is 2. The van der Waals surface area contributed by atoms with E-state index in [1.807, 2.05) is 18.2 Å². The van der Waals surface area contributed by atoms with Crippen molar-refractivity contribution in [1.82, 2.24) is 4.90 Å². The third kappa shape index (κ3) is 5.98. The number of thioether (sulfide) groups is 1. The van der Waals surface area contributed by atoms with Crippen LogP contribution in [0.1, 0.15) is 13.8 Å². The van der Waals surface area contributed by atoms with Crippen molar-refractivity contribution in [2.75, 3.05) is 42.2 Å². The molecule has 0 saturated carbocycles. The van der Waals surface area contributed by atoms with E-state index < -0.39 is 0 Å². The molecule has 1 rings (SSSR count). The van der Waals surface area contributed by atoms with Crippen molar-refractivity contribution < 1.29 is 4.79 Å². The Labute approximate surface area is 119 Å². The monoisotopic (exact) mass is 281 g/mol. The molecule has 0 spiro atoms. The summed E-state index contributed by atoms with van der Waals surface area (Å²) in [5.74, 6) is 1.44. The van der Waals surface area contributed by atoms with E-state index >= 15 is 0 Å². The first kappa shape index (κ1) is 15.9. The zero-order valence-corrected chi connectivity index (χ0v) is 12.5. The molecule has 1 aromatic rings.